The molecule has 5 nitrogen and oxygen atoms in total. The number of methoxy groups -OCH3 is 1. The highest BCUT2D eigenvalue weighted by Crippen LogP contribution is 2.33. The molecule has 0 aliphatic heterocycles. The second-order valence-electron chi connectivity index (χ2n) is 6.32. The van der Waals surface area contributed by atoms with Gasteiger partial charge in [0.15, 0.2) is 5.13 Å². The fraction of sp³-hybridized carbons (Fsp3) is 0.444. The Kier molecular flexibility index (Phi) is 4.87. The highest BCUT2D eigenvalue weighted by atomic mass is 32.1. The largest absolute Gasteiger partial charge is 0.497 e. The Bertz CT molecular complexity index is 718. The van der Waals surface area contributed by atoms with E-state index in [9.17, 15) is 4.79 Å². The minimum atomic E-state index is -0.752. The Balaban J connectivity index is 1.77. The summed E-state index contributed by atoms with van der Waals surface area (Å²) < 4.78 is 5.18. The van der Waals surface area contributed by atoms with Crippen LogP contribution in [0.2, 0.25) is 0 Å². The number of nitrogens with one attached hydrogen (secondary N) is 1. The molecule has 1 heterocycles. The number of hydrogen-bond acceptors (Lipinski definition) is 5. The molecule has 1 aromatic heterocycles. The molecule has 0 saturated heterocycles. The van der Waals surface area contributed by atoms with Crippen LogP contribution in [0.3, 0.4) is 0 Å². The van der Waals surface area contributed by atoms with Crippen LogP contribution >= 0.6 is 11.3 Å². The number of anilines is 1. The highest BCUT2D eigenvalue weighted by molar-refractivity contribution is 7.16. The molecule has 0 bridgehead atoms. The van der Waals surface area contributed by atoms with E-state index in [1.54, 1.807) is 7.11 Å². The smallest absolute Gasteiger partial charge is 0.246 e. The maximum absolute atomic E-state index is 12.5. The first-order valence-corrected chi connectivity index (χ1v) is 9.06. The topological polar surface area (TPSA) is 77.2 Å². The van der Waals surface area contributed by atoms with E-state index in [0.717, 1.165) is 54.0 Å². The number of aryl methyl sites for hydroxylation is 1. The first-order chi connectivity index (χ1) is 11.5. The van der Waals surface area contributed by atoms with Crippen LogP contribution in [0.15, 0.2) is 24.3 Å². The van der Waals surface area contributed by atoms with Gasteiger partial charge in [0.1, 0.15) is 5.75 Å². The summed E-state index contributed by atoms with van der Waals surface area (Å²) >= 11 is 1.48. The van der Waals surface area contributed by atoms with Crippen LogP contribution in [0, 0.1) is 6.92 Å². The lowest BCUT2D eigenvalue weighted by Crippen LogP contribution is -2.52. The van der Waals surface area contributed by atoms with Gasteiger partial charge in [0.2, 0.25) is 5.91 Å². The van der Waals surface area contributed by atoms with Crippen molar-refractivity contribution in [3.63, 3.8) is 0 Å². The number of benzene rings is 1. The molecule has 1 amide bonds. The van der Waals surface area contributed by atoms with Crippen molar-refractivity contribution in [1.82, 2.24) is 4.98 Å². The molecule has 0 radical (unpaired) electrons. The predicted octanol–water partition coefficient (Wildman–Crippen LogP) is 3.73. The van der Waals surface area contributed by atoms with Gasteiger partial charge in [0.25, 0.3) is 0 Å². The highest BCUT2D eigenvalue weighted by Gasteiger charge is 2.35. The van der Waals surface area contributed by atoms with Crippen molar-refractivity contribution in [2.45, 2.75) is 44.6 Å². The van der Waals surface area contributed by atoms with E-state index in [1.807, 2.05) is 31.2 Å². The van der Waals surface area contributed by atoms with E-state index >= 15 is 0 Å². The van der Waals surface area contributed by atoms with E-state index in [0.29, 0.717) is 5.13 Å². The molecular weight excluding hydrogens is 322 g/mol. The number of ether oxygens (including phenoxy) is 1. The van der Waals surface area contributed by atoms with Gasteiger partial charge in [-0.05, 0) is 44.0 Å². The summed E-state index contributed by atoms with van der Waals surface area (Å²) in [7, 11) is 1.64. The summed E-state index contributed by atoms with van der Waals surface area (Å²) in [6, 6.07) is 7.75. The van der Waals surface area contributed by atoms with Crippen molar-refractivity contribution < 1.29 is 9.53 Å². The fourth-order valence-electron chi connectivity index (χ4n) is 3.10. The standard InChI is InChI=1S/C18H23N3O2S/c1-12-15(13-6-8-14(23-2)9-7-13)20-17(24-12)21-16(22)18(19)10-4-3-5-11-18/h6-9H,3-5,10-11,19H2,1-2H3,(H,20,21,22). The second kappa shape index (κ2) is 6.91. The number of nitrogens with two attached hydrogens (primary N) is 1. The average molecular weight is 345 g/mol. The summed E-state index contributed by atoms with van der Waals surface area (Å²) in [5.74, 6) is 0.694. The van der Waals surface area contributed by atoms with Gasteiger partial charge in [-0.3, -0.25) is 4.79 Å². The van der Waals surface area contributed by atoms with Gasteiger partial charge in [0.05, 0.1) is 18.3 Å². The van der Waals surface area contributed by atoms with Crippen molar-refractivity contribution in [2.75, 3.05) is 12.4 Å². The molecule has 24 heavy (non-hydrogen) atoms. The zero-order chi connectivity index (χ0) is 17.2. The van der Waals surface area contributed by atoms with Crippen LogP contribution in [0.4, 0.5) is 5.13 Å². The van der Waals surface area contributed by atoms with Crippen LogP contribution in [-0.4, -0.2) is 23.5 Å². The lowest BCUT2D eigenvalue weighted by atomic mass is 9.82. The maximum Gasteiger partial charge on any atom is 0.246 e. The van der Waals surface area contributed by atoms with E-state index < -0.39 is 5.54 Å². The molecule has 6 heteroatoms. The number of hydrogen-bond donors (Lipinski definition) is 2. The predicted molar refractivity (Wildman–Crippen MR) is 97.5 cm³/mol. The Morgan fingerprint density at radius 2 is 1.92 bits per heavy atom. The Hall–Kier alpha value is -1.92. The number of aromatic nitrogens is 1. The summed E-state index contributed by atoms with van der Waals surface area (Å²) in [5, 5.41) is 3.53. The molecule has 0 atom stereocenters. The van der Waals surface area contributed by atoms with Crippen LogP contribution in [0.5, 0.6) is 5.75 Å². The summed E-state index contributed by atoms with van der Waals surface area (Å²) in [6.07, 6.45) is 4.67. The van der Waals surface area contributed by atoms with E-state index in [2.05, 4.69) is 10.3 Å². The lowest BCUT2D eigenvalue weighted by molar-refractivity contribution is -0.122. The first-order valence-electron chi connectivity index (χ1n) is 8.24. The van der Waals surface area contributed by atoms with Crippen LogP contribution in [0.25, 0.3) is 11.3 Å². The number of rotatable bonds is 4. The van der Waals surface area contributed by atoms with Crippen LogP contribution in [0.1, 0.15) is 37.0 Å². The van der Waals surface area contributed by atoms with Crippen molar-refractivity contribution >= 4 is 22.4 Å². The normalized spacial score (nSPS) is 16.6. The Labute approximate surface area is 146 Å². The van der Waals surface area contributed by atoms with Crippen LogP contribution in [-0.2, 0) is 4.79 Å². The third kappa shape index (κ3) is 3.44. The lowest BCUT2D eigenvalue weighted by Gasteiger charge is -2.31. The van der Waals surface area contributed by atoms with Crippen molar-refractivity contribution in [3.8, 4) is 17.0 Å². The number of carbonyl (C=O) groups is 1. The number of carbonyl (C=O) groups excluding carboxylic acids is 1. The molecule has 1 saturated carbocycles. The summed E-state index contributed by atoms with van der Waals surface area (Å²) in [4.78, 5) is 18.2. The fourth-order valence-corrected chi connectivity index (χ4v) is 3.93. The van der Waals surface area contributed by atoms with Gasteiger partial charge >= 0.3 is 0 Å². The monoisotopic (exact) mass is 345 g/mol. The zero-order valence-electron chi connectivity index (χ0n) is 14.1. The van der Waals surface area contributed by atoms with Gasteiger partial charge in [0, 0.05) is 10.4 Å². The molecule has 0 unspecified atom stereocenters. The van der Waals surface area contributed by atoms with E-state index in [1.165, 1.54) is 11.3 Å². The minimum absolute atomic E-state index is 0.114. The summed E-state index contributed by atoms with van der Waals surface area (Å²) in [5.41, 5.74) is 7.42. The Morgan fingerprint density at radius 1 is 1.25 bits per heavy atom. The van der Waals surface area contributed by atoms with Gasteiger partial charge in [-0.2, -0.15) is 0 Å². The van der Waals surface area contributed by atoms with Gasteiger partial charge in [-0.15, -0.1) is 11.3 Å². The van der Waals surface area contributed by atoms with E-state index in [4.69, 9.17) is 10.5 Å². The SMILES string of the molecule is COc1ccc(-c2nc(NC(=O)C3(N)CCCCC3)sc2C)cc1. The van der Waals surface area contributed by atoms with Crippen molar-refractivity contribution in [3.05, 3.63) is 29.1 Å². The maximum atomic E-state index is 12.5. The third-order valence-corrected chi connectivity index (χ3v) is 5.46. The minimum Gasteiger partial charge on any atom is -0.497 e. The Morgan fingerprint density at radius 3 is 2.54 bits per heavy atom. The zero-order valence-corrected chi connectivity index (χ0v) is 14.9. The molecule has 2 aromatic rings. The first kappa shape index (κ1) is 16.9. The molecule has 1 aliphatic rings. The second-order valence-corrected chi connectivity index (χ2v) is 7.53. The molecule has 0 spiro atoms. The third-order valence-electron chi connectivity index (χ3n) is 4.58. The molecule has 1 aromatic carbocycles. The molecule has 3 rings (SSSR count). The molecule has 1 fully saturated rings. The number of thiazole rings is 1. The number of amides is 1. The van der Waals surface area contributed by atoms with Gasteiger partial charge < -0.3 is 15.8 Å². The quantitative estimate of drug-likeness (QED) is 0.885. The van der Waals surface area contributed by atoms with Gasteiger partial charge in [-0.25, -0.2) is 4.98 Å². The van der Waals surface area contributed by atoms with Crippen LogP contribution < -0.4 is 15.8 Å². The van der Waals surface area contributed by atoms with E-state index in [-0.39, 0.29) is 5.91 Å². The molecule has 128 valence electrons. The number of nitrogens with zero attached hydrogens (tertiary/aromatic N) is 1. The molecular formula is C18H23N3O2S. The average Bonchev–Trinajstić information content (AvgIpc) is 2.96. The summed E-state index contributed by atoms with van der Waals surface area (Å²) in [6.45, 7) is 2.01. The molecule has 1 aliphatic carbocycles. The molecule has 3 N–H and O–H groups in total. The van der Waals surface area contributed by atoms with Crippen molar-refractivity contribution in [2.24, 2.45) is 5.73 Å². The van der Waals surface area contributed by atoms with Gasteiger partial charge in [-0.1, -0.05) is 19.3 Å². The van der Waals surface area contributed by atoms with Crippen molar-refractivity contribution in [1.29, 1.82) is 0 Å².